The summed E-state index contributed by atoms with van der Waals surface area (Å²) in [6, 6.07) is 10.0. The fourth-order valence-corrected chi connectivity index (χ4v) is 2.36. The third-order valence-corrected chi connectivity index (χ3v) is 3.28. The Hall–Kier alpha value is -1.43. The summed E-state index contributed by atoms with van der Waals surface area (Å²) in [7, 11) is 1.63. The Kier molecular flexibility index (Phi) is 4.90. The van der Waals surface area contributed by atoms with Crippen LogP contribution in [0.3, 0.4) is 0 Å². The molecule has 1 amide bonds. The largest absolute Gasteiger partial charge is 0.383 e. The van der Waals surface area contributed by atoms with Gasteiger partial charge in [0.15, 0.2) is 0 Å². The summed E-state index contributed by atoms with van der Waals surface area (Å²) in [5, 5.41) is 2.98. The van der Waals surface area contributed by atoms with Crippen LogP contribution in [0.5, 0.6) is 0 Å². The monoisotopic (exact) mass is 263 g/mol. The first-order valence-electron chi connectivity index (χ1n) is 6.55. The Morgan fingerprint density at radius 1 is 1.47 bits per heavy atom. The summed E-state index contributed by atoms with van der Waals surface area (Å²) in [5.74, 6) is -0.0578. The predicted molar refractivity (Wildman–Crippen MR) is 73.3 cm³/mol. The Morgan fingerprint density at radius 2 is 2.21 bits per heavy atom. The van der Waals surface area contributed by atoms with E-state index in [2.05, 4.69) is 16.2 Å². The van der Waals surface area contributed by atoms with Gasteiger partial charge in [0.05, 0.1) is 18.6 Å². The molecule has 1 fully saturated rings. The average Bonchev–Trinajstić information content (AvgIpc) is 2.89. The number of rotatable bonds is 5. The summed E-state index contributed by atoms with van der Waals surface area (Å²) in [5.41, 5.74) is 7.35. The van der Waals surface area contributed by atoms with Gasteiger partial charge in [-0.2, -0.15) is 0 Å². The number of nitrogens with one attached hydrogen (secondary N) is 3. The van der Waals surface area contributed by atoms with Crippen LogP contribution in [0.2, 0.25) is 0 Å². The van der Waals surface area contributed by atoms with Crippen molar-refractivity contribution >= 4 is 5.91 Å². The molecule has 0 radical (unpaired) electrons. The van der Waals surface area contributed by atoms with Crippen LogP contribution >= 0.6 is 0 Å². The van der Waals surface area contributed by atoms with Gasteiger partial charge in [-0.15, -0.1) is 0 Å². The number of amides is 1. The number of ether oxygens (including phenoxy) is 1. The number of hydrogen-bond acceptors (Lipinski definition) is 4. The standard InChI is InChI=1S/C14H21N3O2/c1-10(9-19-2)16-14(18)12-8-15-17-13(12)11-6-4-3-5-7-11/h3-7,10,12-13,15,17H,8-9H2,1-2H3,(H,16,18). The van der Waals surface area contributed by atoms with Crippen molar-refractivity contribution in [1.29, 1.82) is 0 Å². The zero-order valence-electron chi connectivity index (χ0n) is 11.3. The van der Waals surface area contributed by atoms with Crippen LogP contribution in [0.15, 0.2) is 30.3 Å². The molecule has 0 aliphatic carbocycles. The zero-order valence-corrected chi connectivity index (χ0v) is 11.3. The summed E-state index contributed by atoms with van der Waals surface area (Å²) < 4.78 is 5.03. The highest BCUT2D eigenvalue weighted by atomic mass is 16.5. The number of carbonyl (C=O) groups is 1. The second-order valence-corrected chi connectivity index (χ2v) is 4.89. The van der Waals surface area contributed by atoms with E-state index in [0.717, 1.165) is 5.56 Å². The van der Waals surface area contributed by atoms with Crippen molar-refractivity contribution in [2.24, 2.45) is 5.92 Å². The first-order chi connectivity index (χ1) is 9.22. The first-order valence-corrected chi connectivity index (χ1v) is 6.55. The topological polar surface area (TPSA) is 62.4 Å². The number of benzene rings is 1. The normalized spacial score (nSPS) is 24.1. The summed E-state index contributed by atoms with van der Waals surface area (Å²) in [6.45, 7) is 3.09. The van der Waals surface area contributed by atoms with Crippen molar-refractivity contribution in [3.05, 3.63) is 35.9 Å². The van der Waals surface area contributed by atoms with Gasteiger partial charge >= 0.3 is 0 Å². The van der Waals surface area contributed by atoms with E-state index in [-0.39, 0.29) is 23.9 Å². The first kappa shape index (κ1) is 14.0. The molecule has 0 saturated carbocycles. The van der Waals surface area contributed by atoms with E-state index < -0.39 is 0 Å². The Labute approximate surface area is 113 Å². The lowest BCUT2D eigenvalue weighted by molar-refractivity contribution is -0.125. The van der Waals surface area contributed by atoms with E-state index >= 15 is 0 Å². The molecule has 1 heterocycles. The maximum Gasteiger partial charge on any atom is 0.226 e. The van der Waals surface area contributed by atoms with Gasteiger partial charge in [0.25, 0.3) is 0 Å². The van der Waals surface area contributed by atoms with Crippen LogP contribution in [0.25, 0.3) is 0 Å². The van der Waals surface area contributed by atoms with Crippen LogP contribution < -0.4 is 16.2 Å². The van der Waals surface area contributed by atoms with Gasteiger partial charge in [-0.25, -0.2) is 5.43 Å². The summed E-state index contributed by atoms with van der Waals surface area (Å²) in [4.78, 5) is 12.3. The summed E-state index contributed by atoms with van der Waals surface area (Å²) >= 11 is 0. The van der Waals surface area contributed by atoms with Gasteiger partial charge in [0.1, 0.15) is 0 Å². The third-order valence-electron chi connectivity index (χ3n) is 3.28. The Morgan fingerprint density at radius 3 is 2.89 bits per heavy atom. The van der Waals surface area contributed by atoms with Crippen molar-refractivity contribution in [3.8, 4) is 0 Å². The Balaban J connectivity index is 2.01. The third kappa shape index (κ3) is 3.53. The van der Waals surface area contributed by atoms with Gasteiger partial charge in [-0.1, -0.05) is 30.3 Å². The molecule has 0 aromatic heterocycles. The van der Waals surface area contributed by atoms with E-state index in [4.69, 9.17) is 4.74 Å². The van der Waals surface area contributed by atoms with Gasteiger partial charge < -0.3 is 10.1 Å². The molecule has 3 N–H and O–H groups in total. The van der Waals surface area contributed by atoms with Crippen molar-refractivity contribution in [1.82, 2.24) is 16.2 Å². The minimum atomic E-state index is -0.110. The molecule has 0 spiro atoms. The number of hydrazine groups is 1. The predicted octanol–water partition coefficient (Wildman–Crippen LogP) is 0.603. The maximum atomic E-state index is 12.3. The van der Waals surface area contributed by atoms with Crippen LogP contribution in [0, 0.1) is 5.92 Å². The molecule has 0 bridgehead atoms. The summed E-state index contributed by atoms with van der Waals surface area (Å²) in [6.07, 6.45) is 0. The van der Waals surface area contributed by atoms with Crippen LogP contribution in [0.4, 0.5) is 0 Å². The molecule has 3 unspecified atom stereocenters. The van der Waals surface area contributed by atoms with E-state index in [1.165, 1.54) is 0 Å². The number of carbonyl (C=O) groups excluding carboxylic acids is 1. The van der Waals surface area contributed by atoms with E-state index in [1.807, 2.05) is 37.3 Å². The number of hydrogen-bond donors (Lipinski definition) is 3. The lowest BCUT2D eigenvalue weighted by atomic mass is 9.94. The van der Waals surface area contributed by atoms with Crippen LogP contribution in [0.1, 0.15) is 18.5 Å². The SMILES string of the molecule is COCC(C)NC(=O)C1CNNC1c1ccccc1. The zero-order chi connectivity index (χ0) is 13.7. The molecule has 1 aliphatic rings. The fourth-order valence-electron chi connectivity index (χ4n) is 2.36. The highest BCUT2D eigenvalue weighted by molar-refractivity contribution is 5.80. The van der Waals surface area contributed by atoms with Crippen LogP contribution in [-0.2, 0) is 9.53 Å². The van der Waals surface area contributed by atoms with Gasteiger partial charge in [-0.3, -0.25) is 10.2 Å². The van der Waals surface area contributed by atoms with E-state index in [0.29, 0.717) is 13.2 Å². The molecular formula is C14H21N3O2. The second-order valence-electron chi connectivity index (χ2n) is 4.89. The van der Waals surface area contributed by atoms with Gasteiger partial charge in [-0.05, 0) is 12.5 Å². The number of methoxy groups -OCH3 is 1. The minimum Gasteiger partial charge on any atom is -0.383 e. The molecule has 1 aliphatic heterocycles. The highest BCUT2D eigenvalue weighted by Crippen LogP contribution is 2.24. The molecule has 5 heteroatoms. The van der Waals surface area contributed by atoms with Crippen molar-refractivity contribution in [2.75, 3.05) is 20.3 Å². The van der Waals surface area contributed by atoms with E-state index in [1.54, 1.807) is 7.11 Å². The fraction of sp³-hybridized carbons (Fsp3) is 0.500. The maximum absolute atomic E-state index is 12.3. The van der Waals surface area contributed by atoms with Crippen molar-refractivity contribution < 1.29 is 9.53 Å². The molecule has 1 saturated heterocycles. The second kappa shape index (κ2) is 6.65. The molecule has 1 aromatic rings. The molecule has 5 nitrogen and oxygen atoms in total. The Bertz CT molecular complexity index is 410. The molecule has 2 rings (SSSR count). The van der Waals surface area contributed by atoms with Gasteiger partial charge in [0.2, 0.25) is 5.91 Å². The lowest BCUT2D eigenvalue weighted by Gasteiger charge is -2.20. The highest BCUT2D eigenvalue weighted by Gasteiger charge is 2.34. The molecule has 19 heavy (non-hydrogen) atoms. The van der Waals surface area contributed by atoms with Crippen molar-refractivity contribution in [3.63, 3.8) is 0 Å². The smallest absolute Gasteiger partial charge is 0.226 e. The quantitative estimate of drug-likeness (QED) is 0.728. The van der Waals surface area contributed by atoms with E-state index in [9.17, 15) is 4.79 Å². The molecular weight excluding hydrogens is 242 g/mol. The van der Waals surface area contributed by atoms with Crippen LogP contribution in [-0.4, -0.2) is 32.2 Å². The molecule has 104 valence electrons. The lowest BCUT2D eigenvalue weighted by Crippen LogP contribution is -2.41. The minimum absolute atomic E-state index is 0.0101. The average molecular weight is 263 g/mol. The van der Waals surface area contributed by atoms with Gasteiger partial charge in [0, 0.05) is 19.7 Å². The molecule has 3 atom stereocenters. The molecule has 1 aromatic carbocycles. The van der Waals surface area contributed by atoms with Crippen molar-refractivity contribution in [2.45, 2.75) is 19.0 Å².